The Balaban J connectivity index is 1.85. The van der Waals surface area contributed by atoms with E-state index in [0.717, 1.165) is 5.56 Å². The third-order valence-electron chi connectivity index (χ3n) is 2.61. The van der Waals surface area contributed by atoms with Gasteiger partial charge in [-0.15, -0.1) is 0 Å². The van der Waals surface area contributed by atoms with Crippen molar-refractivity contribution in [3.63, 3.8) is 0 Å². The minimum absolute atomic E-state index is 0.167. The zero-order valence-corrected chi connectivity index (χ0v) is 9.99. The van der Waals surface area contributed by atoms with Gasteiger partial charge >= 0.3 is 6.09 Å². The van der Waals surface area contributed by atoms with Gasteiger partial charge in [-0.3, -0.25) is 4.90 Å². The number of benzene rings is 1. The minimum Gasteiger partial charge on any atom is -0.493 e. The Labute approximate surface area is 106 Å². The van der Waals surface area contributed by atoms with Gasteiger partial charge in [0.05, 0.1) is 12.8 Å². The number of carbonyl (C=O) groups is 1. The summed E-state index contributed by atoms with van der Waals surface area (Å²) in [4.78, 5) is 13.3. The van der Waals surface area contributed by atoms with Crippen molar-refractivity contribution >= 4 is 6.09 Å². The molecule has 1 aliphatic heterocycles. The predicted molar refractivity (Wildman–Crippen MR) is 66.4 cm³/mol. The molecule has 1 aliphatic rings. The normalized spacial score (nSPS) is 18.3. The van der Waals surface area contributed by atoms with Crippen molar-refractivity contribution in [2.24, 2.45) is 5.73 Å². The highest BCUT2D eigenvalue weighted by Crippen LogP contribution is 2.09. The van der Waals surface area contributed by atoms with Gasteiger partial charge in [-0.25, -0.2) is 4.79 Å². The van der Waals surface area contributed by atoms with Crippen molar-refractivity contribution in [2.45, 2.75) is 12.7 Å². The number of carbonyl (C=O) groups excluding carboxylic acids is 1. The Morgan fingerprint density at radius 3 is 2.94 bits per heavy atom. The molecule has 0 spiro atoms. The molecule has 0 fully saturated rings. The van der Waals surface area contributed by atoms with E-state index in [1.165, 1.54) is 11.2 Å². The maximum Gasteiger partial charge on any atom is 0.414 e. The molecule has 0 saturated heterocycles. The molecule has 96 valence electrons. The lowest BCUT2D eigenvalue weighted by Crippen LogP contribution is -2.40. The summed E-state index contributed by atoms with van der Waals surface area (Å²) in [6.45, 7) is 1.05. The molecule has 18 heavy (non-hydrogen) atoms. The monoisotopic (exact) mass is 248 g/mol. The Hall–Kier alpha value is -2.01. The molecule has 0 aliphatic carbocycles. The van der Waals surface area contributed by atoms with Gasteiger partial charge in [-0.2, -0.15) is 0 Å². The second-order valence-electron chi connectivity index (χ2n) is 3.97. The van der Waals surface area contributed by atoms with Gasteiger partial charge in [0, 0.05) is 12.7 Å². The highest BCUT2D eigenvalue weighted by atomic mass is 16.6. The second-order valence-corrected chi connectivity index (χ2v) is 3.97. The van der Waals surface area contributed by atoms with E-state index in [9.17, 15) is 4.79 Å². The van der Waals surface area contributed by atoms with Gasteiger partial charge in [0.1, 0.15) is 12.7 Å². The summed E-state index contributed by atoms with van der Waals surface area (Å²) in [5, 5.41) is 0. The number of nitrogens with zero attached hydrogens (tertiary/aromatic N) is 1. The molecule has 1 amide bonds. The van der Waals surface area contributed by atoms with Crippen LogP contribution in [0.25, 0.3) is 0 Å². The first-order valence-electron chi connectivity index (χ1n) is 5.79. The van der Waals surface area contributed by atoms with Crippen LogP contribution in [-0.4, -0.2) is 30.2 Å². The van der Waals surface area contributed by atoms with E-state index in [0.29, 0.717) is 13.1 Å². The number of rotatable bonds is 3. The topological polar surface area (TPSA) is 64.8 Å². The van der Waals surface area contributed by atoms with E-state index in [4.69, 9.17) is 15.2 Å². The fraction of sp³-hybridized carbons (Fsp3) is 0.308. The van der Waals surface area contributed by atoms with Crippen LogP contribution in [0.3, 0.4) is 0 Å². The van der Waals surface area contributed by atoms with E-state index in [2.05, 4.69) is 0 Å². The van der Waals surface area contributed by atoms with Crippen LogP contribution >= 0.6 is 0 Å². The van der Waals surface area contributed by atoms with Gasteiger partial charge in [-0.1, -0.05) is 30.3 Å². The molecule has 5 heteroatoms. The first kappa shape index (κ1) is 12.4. The number of nitrogens with two attached hydrogens (primary N) is 1. The van der Waals surface area contributed by atoms with Crippen molar-refractivity contribution in [1.29, 1.82) is 0 Å². The Morgan fingerprint density at radius 1 is 1.44 bits per heavy atom. The van der Waals surface area contributed by atoms with Crippen molar-refractivity contribution in [2.75, 3.05) is 13.1 Å². The summed E-state index contributed by atoms with van der Waals surface area (Å²) >= 11 is 0. The van der Waals surface area contributed by atoms with E-state index in [1.807, 2.05) is 30.3 Å². The summed E-state index contributed by atoms with van der Waals surface area (Å²) in [7, 11) is 0. The SMILES string of the molecule is NCC1CN(C(=O)OCc2ccccc2)C=CO1. The molecule has 1 aromatic rings. The van der Waals surface area contributed by atoms with E-state index < -0.39 is 6.09 Å². The molecule has 2 rings (SSSR count). The Morgan fingerprint density at radius 2 is 2.22 bits per heavy atom. The lowest BCUT2D eigenvalue weighted by atomic mass is 10.2. The second kappa shape index (κ2) is 6.07. The highest BCUT2D eigenvalue weighted by molar-refractivity contribution is 5.69. The molecule has 1 heterocycles. The summed E-state index contributed by atoms with van der Waals surface area (Å²) in [6, 6.07) is 9.54. The fourth-order valence-corrected chi connectivity index (χ4v) is 1.61. The van der Waals surface area contributed by atoms with Crippen molar-refractivity contribution in [3.05, 3.63) is 48.4 Å². The number of ether oxygens (including phenoxy) is 2. The molecular weight excluding hydrogens is 232 g/mol. The average Bonchev–Trinajstić information content (AvgIpc) is 2.46. The van der Waals surface area contributed by atoms with E-state index in [1.54, 1.807) is 6.20 Å². The molecule has 0 bridgehead atoms. The van der Waals surface area contributed by atoms with Crippen LogP contribution in [0.4, 0.5) is 4.79 Å². The molecule has 0 aromatic heterocycles. The van der Waals surface area contributed by atoms with Crippen LogP contribution in [-0.2, 0) is 16.1 Å². The van der Waals surface area contributed by atoms with Crippen molar-refractivity contribution < 1.29 is 14.3 Å². The maximum absolute atomic E-state index is 11.8. The summed E-state index contributed by atoms with van der Waals surface area (Å²) < 4.78 is 10.4. The Kier molecular flexibility index (Phi) is 4.20. The highest BCUT2D eigenvalue weighted by Gasteiger charge is 2.21. The minimum atomic E-state index is -0.392. The third kappa shape index (κ3) is 3.24. The zero-order valence-electron chi connectivity index (χ0n) is 9.99. The van der Waals surface area contributed by atoms with Crippen LogP contribution < -0.4 is 5.73 Å². The molecular formula is C13H16N2O3. The van der Waals surface area contributed by atoms with Crippen molar-refractivity contribution in [3.8, 4) is 0 Å². The molecule has 0 saturated carbocycles. The largest absolute Gasteiger partial charge is 0.493 e. The molecule has 1 atom stereocenters. The van der Waals surface area contributed by atoms with Gasteiger partial charge < -0.3 is 15.2 Å². The molecule has 5 nitrogen and oxygen atoms in total. The Bertz CT molecular complexity index is 420. The number of hydrogen-bond donors (Lipinski definition) is 1. The van der Waals surface area contributed by atoms with Gasteiger partial charge in [0.25, 0.3) is 0 Å². The summed E-state index contributed by atoms with van der Waals surface area (Å²) in [6.07, 6.45) is 2.46. The van der Waals surface area contributed by atoms with E-state index >= 15 is 0 Å². The first-order chi connectivity index (χ1) is 8.79. The standard InChI is InChI=1S/C13H16N2O3/c14-8-12-9-15(6-7-17-12)13(16)18-10-11-4-2-1-3-5-11/h1-7,12H,8-10,14H2. The third-order valence-corrected chi connectivity index (χ3v) is 2.61. The molecule has 1 unspecified atom stereocenters. The van der Waals surface area contributed by atoms with Crippen LogP contribution in [0, 0.1) is 0 Å². The van der Waals surface area contributed by atoms with Gasteiger partial charge in [0.2, 0.25) is 0 Å². The van der Waals surface area contributed by atoms with Crippen molar-refractivity contribution in [1.82, 2.24) is 4.90 Å². The predicted octanol–water partition coefficient (Wildman–Crippen LogP) is 1.45. The molecule has 2 N–H and O–H groups in total. The summed E-state index contributed by atoms with van der Waals surface area (Å²) in [5.74, 6) is 0. The number of amides is 1. The van der Waals surface area contributed by atoms with Gasteiger partial charge in [-0.05, 0) is 5.56 Å². The van der Waals surface area contributed by atoms with E-state index in [-0.39, 0.29) is 12.7 Å². The first-order valence-corrected chi connectivity index (χ1v) is 5.79. The zero-order chi connectivity index (χ0) is 12.8. The van der Waals surface area contributed by atoms with Crippen LogP contribution in [0.15, 0.2) is 42.8 Å². The summed E-state index contributed by atoms with van der Waals surface area (Å²) in [5.41, 5.74) is 6.45. The van der Waals surface area contributed by atoms with Gasteiger partial charge in [0.15, 0.2) is 0 Å². The lowest BCUT2D eigenvalue weighted by molar-refractivity contribution is 0.0642. The van der Waals surface area contributed by atoms with Crippen LogP contribution in [0.1, 0.15) is 5.56 Å². The number of hydrogen-bond acceptors (Lipinski definition) is 4. The molecule has 1 aromatic carbocycles. The van der Waals surface area contributed by atoms with Crippen LogP contribution in [0.5, 0.6) is 0 Å². The maximum atomic E-state index is 11.8. The fourth-order valence-electron chi connectivity index (χ4n) is 1.61. The van der Waals surface area contributed by atoms with Crippen LogP contribution in [0.2, 0.25) is 0 Å². The smallest absolute Gasteiger partial charge is 0.414 e. The lowest BCUT2D eigenvalue weighted by Gasteiger charge is -2.26. The average molecular weight is 248 g/mol. The molecule has 0 radical (unpaired) electrons. The quantitative estimate of drug-likeness (QED) is 0.879.